The molecule has 7 nitrogen and oxygen atoms in total. The first kappa shape index (κ1) is 17.8. The van der Waals surface area contributed by atoms with Gasteiger partial charge in [-0.3, -0.25) is 9.59 Å². The highest BCUT2D eigenvalue weighted by Gasteiger charge is 2.27. The maximum atomic E-state index is 12.4. The minimum Gasteiger partial charge on any atom is -0.450 e. The first-order chi connectivity index (χ1) is 11.5. The van der Waals surface area contributed by atoms with Crippen molar-refractivity contribution < 1.29 is 19.1 Å². The van der Waals surface area contributed by atoms with Gasteiger partial charge in [0.15, 0.2) is 0 Å². The van der Waals surface area contributed by atoms with Gasteiger partial charge in [0, 0.05) is 37.3 Å². The highest BCUT2D eigenvalue weighted by atomic mass is 16.6. The van der Waals surface area contributed by atoms with E-state index in [9.17, 15) is 14.4 Å². The molecule has 0 saturated carbocycles. The summed E-state index contributed by atoms with van der Waals surface area (Å²) in [6, 6.07) is 7.02. The highest BCUT2D eigenvalue weighted by molar-refractivity contribution is 5.94. The van der Waals surface area contributed by atoms with Gasteiger partial charge in [0.05, 0.1) is 6.61 Å². The van der Waals surface area contributed by atoms with Crippen molar-refractivity contribution in [3.8, 4) is 0 Å². The van der Waals surface area contributed by atoms with Gasteiger partial charge in [-0.15, -0.1) is 0 Å². The summed E-state index contributed by atoms with van der Waals surface area (Å²) in [5, 5.41) is 5.55. The maximum Gasteiger partial charge on any atom is 0.409 e. The SMILES string of the molecule is CCOC(=O)N1CCC(C(=O)Nc2cccc(NC(C)=O)c2)CC1. The van der Waals surface area contributed by atoms with Gasteiger partial charge in [0.1, 0.15) is 0 Å². The molecular formula is C17H23N3O4. The summed E-state index contributed by atoms with van der Waals surface area (Å²) in [6.07, 6.45) is 0.894. The standard InChI is InChI=1S/C17H23N3O4/c1-3-24-17(23)20-9-7-13(8-10-20)16(22)19-15-6-4-5-14(11-15)18-12(2)21/h4-6,11,13H,3,7-10H2,1-2H3,(H,18,21)(H,19,22). The summed E-state index contributed by atoms with van der Waals surface area (Å²) in [4.78, 5) is 36.7. The molecule has 1 aliphatic heterocycles. The van der Waals surface area contributed by atoms with E-state index >= 15 is 0 Å². The lowest BCUT2D eigenvalue weighted by Crippen LogP contribution is -2.41. The van der Waals surface area contributed by atoms with Crippen LogP contribution < -0.4 is 10.6 Å². The molecule has 1 saturated heterocycles. The van der Waals surface area contributed by atoms with E-state index in [1.54, 1.807) is 36.1 Å². The van der Waals surface area contributed by atoms with Crippen molar-refractivity contribution in [1.29, 1.82) is 0 Å². The Morgan fingerprint density at radius 3 is 2.38 bits per heavy atom. The molecule has 1 fully saturated rings. The third kappa shape index (κ3) is 4.97. The second kappa shape index (κ2) is 8.33. The van der Waals surface area contributed by atoms with Gasteiger partial charge in [-0.2, -0.15) is 0 Å². The number of benzene rings is 1. The number of carbonyl (C=O) groups is 3. The average Bonchev–Trinajstić information content (AvgIpc) is 2.55. The first-order valence-corrected chi connectivity index (χ1v) is 8.09. The van der Waals surface area contributed by atoms with Crippen molar-refractivity contribution >= 4 is 29.3 Å². The predicted octanol–water partition coefficient (Wildman–Crippen LogP) is 2.45. The number of hydrogen-bond donors (Lipinski definition) is 2. The zero-order valence-electron chi connectivity index (χ0n) is 14.0. The minimum atomic E-state index is -0.320. The van der Waals surface area contributed by atoms with Crippen LogP contribution in [0.4, 0.5) is 16.2 Å². The molecule has 24 heavy (non-hydrogen) atoms. The second-order valence-electron chi connectivity index (χ2n) is 5.71. The maximum absolute atomic E-state index is 12.4. The highest BCUT2D eigenvalue weighted by Crippen LogP contribution is 2.21. The Hall–Kier alpha value is -2.57. The zero-order chi connectivity index (χ0) is 17.5. The topological polar surface area (TPSA) is 87.7 Å². The Labute approximate surface area is 141 Å². The zero-order valence-corrected chi connectivity index (χ0v) is 14.0. The number of hydrogen-bond acceptors (Lipinski definition) is 4. The number of nitrogens with zero attached hydrogens (tertiary/aromatic N) is 1. The normalized spacial score (nSPS) is 14.8. The number of carbonyl (C=O) groups excluding carboxylic acids is 3. The molecule has 2 rings (SSSR count). The van der Waals surface area contributed by atoms with E-state index in [-0.39, 0.29) is 23.8 Å². The minimum absolute atomic E-state index is 0.0708. The average molecular weight is 333 g/mol. The molecule has 3 amide bonds. The Bertz CT molecular complexity index is 610. The Kier molecular flexibility index (Phi) is 6.17. The van der Waals surface area contributed by atoms with Gasteiger partial charge in [-0.25, -0.2) is 4.79 Å². The van der Waals surface area contributed by atoms with E-state index in [0.29, 0.717) is 43.9 Å². The lowest BCUT2D eigenvalue weighted by atomic mass is 9.96. The number of ether oxygens (including phenoxy) is 1. The molecule has 1 aromatic rings. The fraction of sp³-hybridized carbons (Fsp3) is 0.471. The summed E-state index contributed by atoms with van der Waals surface area (Å²) in [5.41, 5.74) is 1.27. The lowest BCUT2D eigenvalue weighted by molar-refractivity contribution is -0.121. The molecule has 7 heteroatoms. The van der Waals surface area contributed by atoms with Crippen LogP contribution in [-0.4, -0.2) is 42.5 Å². The number of nitrogens with one attached hydrogen (secondary N) is 2. The fourth-order valence-electron chi connectivity index (χ4n) is 2.66. The summed E-state index contributed by atoms with van der Waals surface area (Å²) < 4.78 is 4.97. The molecule has 1 aliphatic rings. The monoisotopic (exact) mass is 333 g/mol. The summed E-state index contributed by atoms with van der Waals surface area (Å²) in [7, 11) is 0. The van der Waals surface area contributed by atoms with E-state index in [2.05, 4.69) is 10.6 Å². The molecule has 0 unspecified atom stereocenters. The van der Waals surface area contributed by atoms with Crippen LogP contribution in [0, 0.1) is 5.92 Å². The van der Waals surface area contributed by atoms with E-state index in [0.717, 1.165) is 0 Å². The van der Waals surface area contributed by atoms with Gasteiger partial charge >= 0.3 is 6.09 Å². The van der Waals surface area contributed by atoms with E-state index in [4.69, 9.17) is 4.74 Å². The van der Waals surface area contributed by atoms with Gasteiger partial charge < -0.3 is 20.3 Å². The van der Waals surface area contributed by atoms with Crippen LogP contribution in [0.2, 0.25) is 0 Å². The first-order valence-electron chi connectivity index (χ1n) is 8.09. The van der Waals surface area contributed by atoms with Crippen molar-refractivity contribution in [2.45, 2.75) is 26.7 Å². The molecule has 130 valence electrons. The van der Waals surface area contributed by atoms with E-state index < -0.39 is 0 Å². The smallest absolute Gasteiger partial charge is 0.409 e. The third-order valence-electron chi connectivity index (χ3n) is 3.84. The second-order valence-corrected chi connectivity index (χ2v) is 5.71. The van der Waals surface area contributed by atoms with Crippen molar-refractivity contribution in [2.24, 2.45) is 5.92 Å². The van der Waals surface area contributed by atoms with Crippen molar-refractivity contribution in [1.82, 2.24) is 4.90 Å². The molecule has 1 heterocycles. The van der Waals surface area contributed by atoms with Crippen LogP contribution in [0.25, 0.3) is 0 Å². The molecule has 2 N–H and O–H groups in total. The molecular weight excluding hydrogens is 310 g/mol. The van der Waals surface area contributed by atoms with Crippen LogP contribution in [0.1, 0.15) is 26.7 Å². The number of amides is 3. The predicted molar refractivity (Wildman–Crippen MR) is 90.7 cm³/mol. The van der Waals surface area contributed by atoms with Gasteiger partial charge in [0.2, 0.25) is 11.8 Å². The van der Waals surface area contributed by atoms with Crippen molar-refractivity contribution in [3.63, 3.8) is 0 Å². The number of rotatable bonds is 4. The van der Waals surface area contributed by atoms with Crippen LogP contribution in [0.5, 0.6) is 0 Å². The van der Waals surface area contributed by atoms with Crippen LogP contribution >= 0.6 is 0 Å². The Balaban J connectivity index is 1.87. The summed E-state index contributed by atoms with van der Waals surface area (Å²) in [5.74, 6) is -0.372. The molecule has 0 radical (unpaired) electrons. The molecule has 0 aromatic heterocycles. The number of likely N-dealkylation sites (tertiary alicyclic amines) is 1. The van der Waals surface area contributed by atoms with Crippen LogP contribution in [0.3, 0.4) is 0 Å². The van der Waals surface area contributed by atoms with E-state index in [1.807, 2.05) is 0 Å². The largest absolute Gasteiger partial charge is 0.450 e. The summed E-state index contributed by atoms with van der Waals surface area (Å²) >= 11 is 0. The third-order valence-corrected chi connectivity index (χ3v) is 3.84. The summed E-state index contributed by atoms with van der Waals surface area (Å²) in [6.45, 7) is 4.59. The van der Waals surface area contributed by atoms with Gasteiger partial charge in [0.25, 0.3) is 0 Å². The Morgan fingerprint density at radius 2 is 1.79 bits per heavy atom. The van der Waals surface area contributed by atoms with Gasteiger partial charge in [-0.1, -0.05) is 6.07 Å². The quantitative estimate of drug-likeness (QED) is 0.886. The molecule has 0 atom stereocenters. The molecule has 0 spiro atoms. The molecule has 1 aromatic carbocycles. The fourth-order valence-corrected chi connectivity index (χ4v) is 2.66. The Morgan fingerprint density at radius 1 is 1.17 bits per heavy atom. The molecule has 0 aliphatic carbocycles. The number of anilines is 2. The van der Waals surface area contributed by atoms with Crippen LogP contribution in [0.15, 0.2) is 24.3 Å². The van der Waals surface area contributed by atoms with Gasteiger partial charge in [-0.05, 0) is 38.0 Å². The van der Waals surface area contributed by atoms with Crippen molar-refractivity contribution in [3.05, 3.63) is 24.3 Å². The van der Waals surface area contributed by atoms with Crippen LogP contribution in [-0.2, 0) is 14.3 Å². The van der Waals surface area contributed by atoms with E-state index in [1.165, 1.54) is 6.92 Å². The molecule has 0 bridgehead atoms. The number of piperidine rings is 1. The lowest BCUT2D eigenvalue weighted by Gasteiger charge is -2.30. The van der Waals surface area contributed by atoms with Crippen molar-refractivity contribution in [2.75, 3.05) is 30.3 Å².